The molecule has 8 heteroatoms. The molecule has 0 unspecified atom stereocenters. The molecule has 0 aliphatic heterocycles. The monoisotopic (exact) mass is 300 g/mol. The molecule has 0 aliphatic carbocycles. The lowest BCUT2D eigenvalue weighted by atomic mass is 10.3. The van der Waals surface area contributed by atoms with Crippen LogP contribution in [0, 0.1) is 0 Å². The Labute approximate surface area is 118 Å². The highest BCUT2D eigenvalue weighted by molar-refractivity contribution is 7.98. The number of esters is 1. The molecule has 2 aromatic heterocycles. The molecule has 0 saturated carbocycles. The van der Waals surface area contributed by atoms with Crippen molar-refractivity contribution in [1.29, 1.82) is 0 Å². The number of rotatable bonds is 6. The molecule has 2 aromatic rings. The Hall–Kier alpha value is -1.41. The minimum absolute atomic E-state index is 0.207. The fourth-order valence-electron chi connectivity index (χ4n) is 1.34. The van der Waals surface area contributed by atoms with Crippen LogP contribution in [0.25, 0.3) is 0 Å². The van der Waals surface area contributed by atoms with Gasteiger partial charge >= 0.3 is 5.97 Å². The summed E-state index contributed by atoms with van der Waals surface area (Å²) in [6.45, 7) is 0. The summed E-state index contributed by atoms with van der Waals surface area (Å²) < 4.78 is 15.1. The standard InChI is InChI=1S/C11H12N2O4S2/c1-15-10(14)9-7(3-4-16-9)5-19-11-13-12-8(17-11)6-18-2/h3-4H,5-6H2,1-2H3. The van der Waals surface area contributed by atoms with Gasteiger partial charge in [0.05, 0.1) is 19.1 Å². The van der Waals surface area contributed by atoms with Crippen molar-refractivity contribution >= 4 is 29.5 Å². The summed E-state index contributed by atoms with van der Waals surface area (Å²) in [4.78, 5) is 11.4. The molecular formula is C11H12N2O4S2. The van der Waals surface area contributed by atoms with Crippen LogP contribution < -0.4 is 0 Å². The third-order valence-electron chi connectivity index (χ3n) is 2.18. The van der Waals surface area contributed by atoms with Crippen LogP contribution >= 0.6 is 23.5 Å². The van der Waals surface area contributed by atoms with Crippen LogP contribution in [0.1, 0.15) is 22.0 Å². The van der Waals surface area contributed by atoms with Crippen molar-refractivity contribution in [2.24, 2.45) is 0 Å². The second kappa shape index (κ2) is 6.67. The van der Waals surface area contributed by atoms with Crippen LogP contribution in [-0.2, 0) is 16.2 Å². The number of methoxy groups -OCH3 is 1. The molecule has 0 aromatic carbocycles. The number of ether oxygens (including phenoxy) is 1. The molecule has 0 N–H and O–H groups in total. The highest BCUT2D eigenvalue weighted by atomic mass is 32.2. The summed E-state index contributed by atoms with van der Waals surface area (Å²) >= 11 is 2.96. The fraction of sp³-hybridized carbons (Fsp3) is 0.364. The molecular weight excluding hydrogens is 288 g/mol. The minimum atomic E-state index is -0.491. The quantitative estimate of drug-likeness (QED) is 0.595. The fourth-order valence-corrected chi connectivity index (χ4v) is 2.46. The van der Waals surface area contributed by atoms with E-state index in [0.29, 0.717) is 22.6 Å². The zero-order valence-electron chi connectivity index (χ0n) is 10.4. The van der Waals surface area contributed by atoms with E-state index in [2.05, 4.69) is 14.9 Å². The second-order valence-corrected chi connectivity index (χ2v) is 5.24. The highest BCUT2D eigenvalue weighted by Crippen LogP contribution is 2.25. The van der Waals surface area contributed by atoms with Crippen LogP contribution in [0.15, 0.2) is 26.4 Å². The lowest BCUT2D eigenvalue weighted by molar-refractivity contribution is 0.0564. The maximum Gasteiger partial charge on any atom is 0.374 e. The second-order valence-electron chi connectivity index (χ2n) is 3.45. The van der Waals surface area contributed by atoms with Crippen LogP contribution in [0.4, 0.5) is 0 Å². The van der Waals surface area contributed by atoms with Crippen molar-refractivity contribution in [3.8, 4) is 0 Å². The van der Waals surface area contributed by atoms with E-state index >= 15 is 0 Å². The third-order valence-corrected chi connectivity index (χ3v) is 3.59. The molecule has 0 saturated heterocycles. The number of carbonyl (C=O) groups is 1. The smallest absolute Gasteiger partial charge is 0.374 e. The molecule has 0 amide bonds. The van der Waals surface area contributed by atoms with Gasteiger partial charge in [-0.1, -0.05) is 11.8 Å². The van der Waals surface area contributed by atoms with Gasteiger partial charge in [0.25, 0.3) is 5.22 Å². The van der Waals surface area contributed by atoms with Crippen molar-refractivity contribution in [3.63, 3.8) is 0 Å². The SMILES string of the molecule is COC(=O)c1occc1CSc1nnc(CSC)o1. The summed E-state index contributed by atoms with van der Waals surface area (Å²) in [7, 11) is 1.31. The molecule has 0 atom stereocenters. The number of hydrogen-bond acceptors (Lipinski definition) is 8. The predicted molar refractivity (Wildman–Crippen MR) is 71.1 cm³/mol. The van der Waals surface area contributed by atoms with Crippen LogP contribution in [0.5, 0.6) is 0 Å². The molecule has 102 valence electrons. The van der Waals surface area contributed by atoms with Crippen LogP contribution in [-0.4, -0.2) is 29.5 Å². The summed E-state index contributed by atoms with van der Waals surface area (Å²) in [5.41, 5.74) is 0.737. The zero-order chi connectivity index (χ0) is 13.7. The van der Waals surface area contributed by atoms with E-state index in [-0.39, 0.29) is 5.76 Å². The first-order chi connectivity index (χ1) is 9.24. The zero-order valence-corrected chi connectivity index (χ0v) is 12.0. The molecule has 2 heterocycles. The van der Waals surface area contributed by atoms with E-state index in [4.69, 9.17) is 8.83 Å². The average molecular weight is 300 g/mol. The Kier molecular flexibility index (Phi) is 4.92. The van der Waals surface area contributed by atoms with Crippen LogP contribution in [0.3, 0.4) is 0 Å². The topological polar surface area (TPSA) is 78.4 Å². The molecule has 0 radical (unpaired) electrons. The largest absolute Gasteiger partial charge is 0.463 e. The molecule has 19 heavy (non-hydrogen) atoms. The average Bonchev–Trinajstić information content (AvgIpc) is 3.04. The Morgan fingerprint density at radius 1 is 1.42 bits per heavy atom. The summed E-state index contributed by atoms with van der Waals surface area (Å²) in [5, 5.41) is 8.29. The highest BCUT2D eigenvalue weighted by Gasteiger charge is 2.17. The van der Waals surface area contributed by atoms with Crippen molar-refractivity contribution < 1.29 is 18.4 Å². The van der Waals surface area contributed by atoms with Gasteiger partial charge in [0, 0.05) is 11.3 Å². The number of thioether (sulfide) groups is 2. The van der Waals surface area contributed by atoms with Gasteiger partial charge in [0.2, 0.25) is 11.7 Å². The summed E-state index contributed by atoms with van der Waals surface area (Å²) in [6, 6.07) is 1.72. The number of hydrogen-bond donors (Lipinski definition) is 0. The number of carbonyl (C=O) groups excluding carboxylic acids is 1. The van der Waals surface area contributed by atoms with Crippen LogP contribution in [0.2, 0.25) is 0 Å². The summed E-state index contributed by atoms with van der Waals surface area (Å²) in [6.07, 6.45) is 3.42. The maximum atomic E-state index is 11.4. The predicted octanol–water partition coefficient (Wildman–Crippen LogP) is 2.60. The van der Waals surface area contributed by atoms with E-state index < -0.39 is 5.97 Å². The lowest BCUT2D eigenvalue weighted by Crippen LogP contribution is -2.02. The Balaban J connectivity index is 1.98. The first kappa shape index (κ1) is 14.0. The van der Waals surface area contributed by atoms with E-state index in [1.807, 2.05) is 6.26 Å². The number of aromatic nitrogens is 2. The first-order valence-electron chi connectivity index (χ1n) is 5.33. The number of nitrogens with zero attached hydrogens (tertiary/aromatic N) is 2. The van der Waals surface area contributed by atoms with Gasteiger partial charge in [-0.05, 0) is 12.3 Å². The molecule has 6 nitrogen and oxygen atoms in total. The van der Waals surface area contributed by atoms with E-state index in [0.717, 1.165) is 5.56 Å². The minimum Gasteiger partial charge on any atom is -0.463 e. The maximum absolute atomic E-state index is 11.4. The van der Waals surface area contributed by atoms with E-state index in [1.54, 1.807) is 17.8 Å². The number of furan rings is 1. The molecule has 0 fully saturated rings. The molecule has 0 bridgehead atoms. The van der Waals surface area contributed by atoms with Crippen molar-refractivity contribution in [3.05, 3.63) is 29.5 Å². The molecule has 0 aliphatic rings. The van der Waals surface area contributed by atoms with Gasteiger partial charge in [-0.3, -0.25) is 0 Å². The van der Waals surface area contributed by atoms with Gasteiger partial charge in [-0.15, -0.1) is 10.2 Å². The lowest BCUT2D eigenvalue weighted by Gasteiger charge is -1.98. The van der Waals surface area contributed by atoms with Gasteiger partial charge in [-0.25, -0.2) is 4.79 Å². The Morgan fingerprint density at radius 2 is 2.26 bits per heavy atom. The van der Waals surface area contributed by atoms with Crippen molar-refractivity contribution in [2.75, 3.05) is 13.4 Å². The Bertz CT molecular complexity index is 552. The van der Waals surface area contributed by atoms with Gasteiger partial charge < -0.3 is 13.6 Å². The summed E-state index contributed by atoms with van der Waals surface area (Å²) in [5.74, 6) is 1.50. The van der Waals surface area contributed by atoms with Gasteiger partial charge in [-0.2, -0.15) is 11.8 Å². The van der Waals surface area contributed by atoms with Gasteiger partial charge in [0.15, 0.2) is 0 Å². The van der Waals surface area contributed by atoms with Crippen molar-refractivity contribution in [2.45, 2.75) is 16.7 Å². The van der Waals surface area contributed by atoms with E-state index in [1.165, 1.54) is 25.1 Å². The van der Waals surface area contributed by atoms with E-state index in [9.17, 15) is 4.79 Å². The van der Waals surface area contributed by atoms with Crippen molar-refractivity contribution in [1.82, 2.24) is 10.2 Å². The Morgan fingerprint density at radius 3 is 3.00 bits per heavy atom. The normalized spacial score (nSPS) is 10.6. The molecule has 0 spiro atoms. The van der Waals surface area contributed by atoms with Gasteiger partial charge in [0.1, 0.15) is 0 Å². The first-order valence-corrected chi connectivity index (χ1v) is 7.71. The third kappa shape index (κ3) is 3.54. The molecule has 2 rings (SSSR count).